The molecule has 0 bridgehead atoms. The third-order valence-corrected chi connectivity index (χ3v) is 3.09. The molecule has 0 unspecified atom stereocenters. The SMILES string of the molecule is CCC=C(CCCC)CCOOC(C)(C)CC(C)(C)C. The molecule has 2 nitrogen and oxygen atoms in total. The Bertz CT molecular complexity index is 272. The van der Waals surface area contributed by atoms with Gasteiger partial charge in [-0.05, 0) is 51.4 Å². The van der Waals surface area contributed by atoms with Gasteiger partial charge in [0.25, 0.3) is 0 Å². The molecule has 0 aromatic rings. The Morgan fingerprint density at radius 3 is 2.15 bits per heavy atom. The molecule has 0 fully saturated rings. The van der Waals surface area contributed by atoms with Crippen molar-refractivity contribution in [3.63, 3.8) is 0 Å². The van der Waals surface area contributed by atoms with Crippen molar-refractivity contribution < 1.29 is 9.78 Å². The minimum Gasteiger partial charge on any atom is -0.236 e. The molecule has 0 aliphatic heterocycles. The Kier molecular flexibility index (Phi) is 9.41. The van der Waals surface area contributed by atoms with Crippen LogP contribution in [0.1, 0.15) is 87.0 Å². The van der Waals surface area contributed by atoms with E-state index < -0.39 is 0 Å². The van der Waals surface area contributed by atoms with E-state index in [2.05, 4.69) is 54.5 Å². The zero-order chi connectivity index (χ0) is 15.6. The number of rotatable bonds is 10. The quantitative estimate of drug-likeness (QED) is 0.210. The average molecular weight is 284 g/mol. The van der Waals surface area contributed by atoms with Crippen LogP contribution in [0.4, 0.5) is 0 Å². The summed E-state index contributed by atoms with van der Waals surface area (Å²) in [6.07, 6.45) is 9.11. The molecule has 0 rings (SSSR count). The van der Waals surface area contributed by atoms with E-state index in [-0.39, 0.29) is 11.0 Å². The lowest BCUT2D eigenvalue weighted by Gasteiger charge is -2.31. The fraction of sp³-hybridized carbons (Fsp3) is 0.889. The Morgan fingerprint density at radius 2 is 1.65 bits per heavy atom. The first-order valence-corrected chi connectivity index (χ1v) is 8.18. The first-order valence-electron chi connectivity index (χ1n) is 8.18. The Morgan fingerprint density at radius 1 is 1.00 bits per heavy atom. The number of allylic oxidation sites excluding steroid dienone is 1. The predicted molar refractivity (Wildman–Crippen MR) is 87.7 cm³/mol. The highest BCUT2D eigenvalue weighted by Crippen LogP contribution is 2.29. The van der Waals surface area contributed by atoms with E-state index in [1.165, 1.54) is 24.8 Å². The summed E-state index contributed by atoms with van der Waals surface area (Å²) in [5, 5.41) is 0. The van der Waals surface area contributed by atoms with Gasteiger partial charge in [-0.15, -0.1) is 0 Å². The summed E-state index contributed by atoms with van der Waals surface area (Å²) in [5.41, 5.74) is 1.53. The Labute approximate surface area is 126 Å². The molecule has 0 aliphatic rings. The fourth-order valence-corrected chi connectivity index (χ4v) is 2.70. The molecular weight excluding hydrogens is 248 g/mol. The zero-order valence-electron chi connectivity index (χ0n) is 14.8. The lowest BCUT2D eigenvalue weighted by molar-refractivity contribution is -0.357. The van der Waals surface area contributed by atoms with E-state index in [0.29, 0.717) is 6.61 Å². The molecule has 20 heavy (non-hydrogen) atoms. The highest BCUT2D eigenvalue weighted by atomic mass is 17.2. The second-order valence-corrected chi connectivity index (χ2v) is 7.53. The van der Waals surface area contributed by atoms with E-state index in [9.17, 15) is 0 Å². The molecular formula is C18H36O2. The maximum atomic E-state index is 5.61. The molecule has 0 amide bonds. The highest BCUT2D eigenvalue weighted by Gasteiger charge is 2.27. The van der Waals surface area contributed by atoms with Crippen LogP contribution in [0.3, 0.4) is 0 Å². The smallest absolute Gasteiger partial charge is 0.0985 e. The van der Waals surface area contributed by atoms with E-state index in [0.717, 1.165) is 19.3 Å². The lowest BCUT2D eigenvalue weighted by atomic mass is 9.84. The van der Waals surface area contributed by atoms with E-state index in [4.69, 9.17) is 9.78 Å². The van der Waals surface area contributed by atoms with Gasteiger partial charge in [-0.1, -0.05) is 52.7 Å². The number of unbranched alkanes of at least 4 members (excludes halogenated alkanes) is 1. The predicted octanol–water partition coefficient (Wildman–Crippen LogP) is 6.07. The molecule has 0 atom stereocenters. The van der Waals surface area contributed by atoms with Crippen molar-refractivity contribution in [1.82, 2.24) is 0 Å². The van der Waals surface area contributed by atoms with Gasteiger partial charge in [0.15, 0.2) is 0 Å². The molecule has 120 valence electrons. The summed E-state index contributed by atoms with van der Waals surface area (Å²) < 4.78 is 0. The lowest BCUT2D eigenvalue weighted by Crippen LogP contribution is -2.30. The summed E-state index contributed by atoms with van der Waals surface area (Å²) in [5.74, 6) is 0. The standard InChI is InChI=1S/C18H36O2/c1-8-10-12-16(11-9-2)13-14-19-20-18(6,7)15-17(3,4)5/h11H,8-10,12-15H2,1-7H3. The minimum absolute atomic E-state index is 0.226. The van der Waals surface area contributed by atoms with Gasteiger partial charge in [0.1, 0.15) is 0 Å². The molecule has 0 N–H and O–H groups in total. The third-order valence-electron chi connectivity index (χ3n) is 3.09. The molecule has 0 heterocycles. The first-order chi connectivity index (χ1) is 9.20. The van der Waals surface area contributed by atoms with Crippen LogP contribution >= 0.6 is 0 Å². The molecule has 0 spiro atoms. The topological polar surface area (TPSA) is 18.5 Å². The van der Waals surface area contributed by atoms with Crippen LogP contribution in [-0.2, 0) is 9.78 Å². The average Bonchev–Trinajstić information content (AvgIpc) is 2.28. The van der Waals surface area contributed by atoms with Crippen molar-refractivity contribution >= 4 is 0 Å². The van der Waals surface area contributed by atoms with Gasteiger partial charge in [-0.25, -0.2) is 9.78 Å². The molecule has 0 saturated heterocycles. The van der Waals surface area contributed by atoms with Gasteiger partial charge in [-0.3, -0.25) is 0 Å². The van der Waals surface area contributed by atoms with E-state index in [1.54, 1.807) is 0 Å². The number of hydrogen-bond acceptors (Lipinski definition) is 2. The van der Waals surface area contributed by atoms with Crippen LogP contribution in [0.2, 0.25) is 0 Å². The Balaban J connectivity index is 4.01. The monoisotopic (exact) mass is 284 g/mol. The molecule has 0 aromatic carbocycles. The van der Waals surface area contributed by atoms with Gasteiger partial charge in [0.2, 0.25) is 0 Å². The minimum atomic E-state index is -0.226. The number of hydrogen-bond donors (Lipinski definition) is 0. The van der Waals surface area contributed by atoms with Crippen LogP contribution in [0.25, 0.3) is 0 Å². The summed E-state index contributed by atoms with van der Waals surface area (Å²) in [6.45, 7) is 16.0. The highest BCUT2D eigenvalue weighted by molar-refractivity contribution is 5.01. The second kappa shape index (κ2) is 9.57. The van der Waals surface area contributed by atoms with Crippen molar-refractivity contribution in [3.05, 3.63) is 11.6 Å². The van der Waals surface area contributed by atoms with E-state index in [1.807, 2.05) is 0 Å². The fourth-order valence-electron chi connectivity index (χ4n) is 2.70. The van der Waals surface area contributed by atoms with Crippen molar-refractivity contribution in [2.75, 3.05) is 6.61 Å². The van der Waals surface area contributed by atoms with Crippen molar-refractivity contribution in [1.29, 1.82) is 0 Å². The van der Waals surface area contributed by atoms with Gasteiger partial charge < -0.3 is 0 Å². The third kappa shape index (κ3) is 11.5. The van der Waals surface area contributed by atoms with Gasteiger partial charge >= 0.3 is 0 Å². The van der Waals surface area contributed by atoms with Crippen LogP contribution in [0.15, 0.2) is 11.6 Å². The van der Waals surface area contributed by atoms with Crippen molar-refractivity contribution in [2.45, 2.75) is 92.6 Å². The molecule has 0 saturated carbocycles. The first kappa shape index (κ1) is 19.7. The molecule has 0 radical (unpaired) electrons. The van der Waals surface area contributed by atoms with Crippen LogP contribution in [-0.4, -0.2) is 12.2 Å². The van der Waals surface area contributed by atoms with Crippen molar-refractivity contribution in [3.8, 4) is 0 Å². The second-order valence-electron chi connectivity index (χ2n) is 7.53. The van der Waals surface area contributed by atoms with Gasteiger partial charge in [0, 0.05) is 0 Å². The van der Waals surface area contributed by atoms with Crippen LogP contribution in [0, 0.1) is 5.41 Å². The molecule has 0 aromatic heterocycles. The normalized spacial score (nSPS) is 13.8. The van der Waals surface area contributed by atoms with Gasteiger partial charge in [-0.2, -0.15) is 0 Å². The molecule has 0 aliphatic carbocycles. The Hall–Kier alpha value is -0.340. The summed E-state index contributed by atoms with van der Waals surface area (Å²) in [7, 11) is 0. The van der Waals surface area contributed by atoms with E-state index >= 15 is 0 Å². The largest absolute Gasteiger partial charge is 0.236 e. The maximum absolute atomic E-state index is 5.61. The summed E-state index contributed by atoms with van der Waals surface area (Å²) >= 11 is 0. The van der Waals surface area contributed by atoms with Crippen LogP contribution in [0.5, 0.6) is 0 Å². The van der Waals surface area contributed by atoms with Crippen molar-refractivity contribution in [2.24, 2.45) is 5.41 Å². The summed E-state index contributed by atoms with van der Waals surface area (Å²) in [4.78, 5) is 11.1. The zero-order valence-corrected chi connectivity index (χ0v) is 14.8. The van der Waals surface area contributed by atoms with Gasteiger partial charge in [0.05, 0.1) is 12.2 Å². The van der Waals surface area contributed by atoms with Crippen LogP contribution < -0.4 is 0 Å². The molecule has 2 heteroatoms. The maximum Gasteiger partial charge on any atom is 0.0985 e. The summed E-state index contributed by atoms with van der Waals surface area (Å²) in [6, 6.07) is 0.